The van der Waals surface area contributed by atoms with E-state index in [1.165, 1.54) is 0 Å². The van der Waals surface area contributed by atoms with Gasteiger partial charge in [-0.15, -0.1) is 0 Å². The molecule has 0 aliphatic carbocycles. The van der Waals surface area contributed by atoms with Crippen LogP contribution in [0.4, 0.5) is 0 Å². The highest BCUT2D eigenvalue weighted by molar-refractivity contribution is 6.03. The third kappa shape index (κ3) is 0.836. The number of benzene rings is 1. The zero-order valence-electron chi connectivity index (χ0n) is 7.37. The topological polar surface area (TPSA) is 48.6 Å². The summed E-state index contributed by atoms with van der Waals surface area (Å²) < 4.78 is 0. The second kappa shape index (κ2) is 2.48. The van der Waals surface area contributed by atoms with Crippen LogP contribution in [0.25, 0.3) is 21.8 Å². The summed E-state index contributed by atoms with van der Waals surface area (Å²) in [6.07, 6.45) is 3.55. The molecule has 3 heteroatoms. The van der Waals surface area contributed by atoms with Crippen molar-refractivity contribution < 1.29 is 0 Å². The molecule has 0 fully saturated rings. The SMILES string of the molecule is O=c1cc[nH]c2c1ccc1[nH]ccc12. The first kappa shape index (κ1) is 7.38. The Morgan fingerprint density at radius 3 is 2.64 bits per heavy atom. The van der Waals surface area contributed by atoms with Gasteiger partial charge >= 0.3 is 0 Å². The molecule has 0 aliphatic heterocycles. The smallest absolute Gasteiger partial charge is 0.189 e. The second-order valence-corrected chi connectivity index (χ2v) is 3.27. The van der Waals surface area contributed by atoms with Gasteiger partial charge in [0.05, 0.1) is 5.52 Å². The average Bonchev–Trinajstić information content (AvgIpc) is 2.66. The highest BCUT2D eigenvalue weighted by Gasteiger charge is 2.02. The van der Waals surface area contributed by atoms with Gasteiger partial charge in [0, 0.05) is 34.7 Å². The van der Waals surface area contributed by atoms with Crippen molar-refractivity contribution in [3.63, 3.8) is 0 Å². The highest BCUT2D eigenvalue weighted by Crippen LogP contribution is 2.19. The van der Waals surface area contributed by atoms with Gasteiger partial charge in [0.25, 0.3) is 0 Å². The summed E-state index contributed by atoms with van der Waals surface area (Å²) in [7, 11) is 0. The first-order chi connectivity index (χ1) is 6.86. The molecule has 1 aromatic carbocycles. The quantitative estimate of drug-likeness (QED) is 0.551. The first-order valence-corrected chi connectivity index (χ1v) is 4.44. The molecule has 0 unspecified atom stereocenters. The van der Waals surface area contributed by atoms with Gasteiger partial charge < -0.3 is 9.97 Å². The molecule has 0 atom stereocenters. The van der Waals surface area contributed by atoms with Crippen molar-refractivity contribution in [2.75, 3.05) is 0 Å². The molecule has 68 valence electrons. The van der Waals surface area contributed by atoms with E-state index in [4.69, 9.17) is 0 Å². The van der Waals surface area contributed by atoms with Crippen molar-refractivity contribution in [1.82, 2.24) is 9.97 Å². The van der Waals surface area contributed by atoms with Gasteiger partial charge in [-0.05, 0) is 18.2 Å². The fourth-order valence-electron chi connectivity index (χ4n) is 1.78. The van der Waals surface area contributed by atoms with Crippen LogP contribution in [0, 0.1) is 0 Å². The van der Waals surface area contributed by atoms with Crippen LogP contribution < -0.4 is 5.43 Å². The molecule has 14 heavy (non-hydrogen) atoms. The first-order valence-electron chi connectivity index (χ1n) is 4.44. The lowest BCUT2D eigenvalue weighted by Gasteiger charge is -1.97. The van der Waals surface area contributed by atoms with E-state index in [1.807, 2.05) is 24.4 Å². The monoisotopic (exact) mass is 184 g/mol. The third-order valence-electron chi connectivity index (χ3n) is 2.46. The molecule has 0 amide bonds. The Balaban J connectivity index is 2.71. The van der Waals surface area contributed by atoms with Crippen LogP contribution in [0.3, 0.4) is 0 Å². The van der Waals surface area contributed by atoms with Crippen molar-refractivity contribution >= 4 is 21.8 Å². The van der Waals surface area contributed by atoms with Gasteiger partial charge in [-0.1, -0.05) is 0 Å². The maximum Gasteiger partial charge on any atom is 0.189 e. The normalized spacial score (nSPS) is 11.1. The Hall–Kier alpha value is -2.03. The minimum atomic E-state index is 0.0573. The van der Waals surface area contributed by atoms with Crippen LogP contribution in [0.15, 0.2) is 41.5 Å². The van der Waals surface area contributed by atoms with Gasteiger partial charge in [-0.3, -0.25) is 4.79 Å². The van der Waals surface area contributed by atoms with Crippen LogP contribution in [-0.2, 0) is 0 Å². The second-order valence-electron chi connectivity index (χ2n) is 3.27. The fourth-order valence-corrected chi connectivity index (χ4v) is 1.78. The summed E-state index contributed by atoms with van der Waals surface area (Å²) >= 11 is 0. The standard InChI is InChI=1S/C11H8N2O/c14-10-4-6-13-11-7-3-5-12-9(7)2-1-8(10)11/h1-6,12H,(H,13,14). The van der Waals surface area contributed by atoms with Crippen molar-refractivity contribution in [1.29, 1.82) is 0 Å². The fraction of sp³-hybridized carbons (Fsp3) is 0. The number of fused-ring (bicyclic) bond motifs is 3. The zero-order valence-corrected chi connectivity index (χ0v) is 7.37. The lowest BCUT2D eigenvalue weighted by Crippen LogP contribution is -1.99. The van der Waals surface area contributed by atoms with Gasteiger partial charge in [0.15, 0.2) is 5.43 Å². The predicted molar refractivity (Wildman–Crippen MR) is 56.4 cm³/mol. The Bertz CT molecular complexity index is 663. The molecule has 0 aliphatic rings. The summed E-state index contributed by atoms with van der Waals surface area (Å²) in [6, 6.07) is 7.27. The molecule has 0 saturated carbocycles. The number of aromatic nitrogens is 2. The third-order valence-corrected chi connectivity index (χ3v) is 2.46. The van der Waals surface area contributed by atoms with E-state index in [-0.39, 0.29) is 5.43 Å². The van der Waals surface area contributed by atoms with Crippen LogP contribution >= 0.6 is 0 Å². The Labute approximate surface area is 79.4 Å². The summed E-state index contributed by atoms with van der Waals surface area (Å²) in [5, 5.41) is 1.79. The molecule has 3 rings (SSSR count). The summed E-state index contributed by atoms with van der Waals surface area (Å²) in [4.78, 5) is 17.7. The maximum absolute atomic E-state index is 11.5. The number of hydrogen-bond acceptors (Lipinski definition) is 1. The predicted octanol–water partition coefficient (Wildman–Crippen LogP) is 2.01. The van der Waals surface area contributed by atoms with E-state index < -0.39 is 0 Å². The molecular weight excluding hydrogens is 176 g/mol. The van der Waals surface area contributed by atoms with Crippen molar-refractivity contribution in [3.05, 3.63) is 46.9 Å². The average molecular weight is 184 g/mol. The zero-order chi connectivity index (χ0) is 9.54. The van der Waals surface area contributed by atoms with Crippen LogP contribution in [0.1, 0.15) is 0 Å². The minimum absolute atomic E-state index is 0.0573. The van der Waals surface area contributed by atoms with E-state index in [2.05, 4.69) is 9.97 Å². The Morgan fingerprint density at radius 1 is 0.857 bits per heavy atom. The van der Waals surface area contributed by atoms with Gasteiger partial charge in [-0.25, -0.2) is 0 Å². The lowest BCUT2D eigenvalue weighted by atomic mass is 10.1. The van der Waals surface area contributed by atoms with Crippen molar-refractivity contribution in [2.24, 2.45) is 0 Å². The van der Waals surface area contributed by atoms with Crippen molar-refractivity contribution in [2.45, 2.75) is 0 Å². The molecular formula is C11H8N2O. The number of H-pyrrole nitrogens is 2. The molecule has 0 spiro atoms. The summed E-state index contributed by atoms with van der Waals surface area (Å²) in [6.45, 7) is 0. The molecule has 0 bridgehead atoms. The van der Waals surface area contributed by atoms with Crippen molar-refractivity contribution in [3.8, 4) is 0 Å². The molecule has 0 saturated heterocycles. The molecule has 3 aromatic rings. The van der Waals surface area contributed by atoms with E-state index in [0.717, 1.165) is 21.8 Å². The maximum atomic E-state index is 11.5. The largest absolute Gasteiger partial charge is 0.361 e. The summed E-state index contributed by atoms with van der Waals surface area (Å²) in [5.41, 5.74) is 2.00. The molecule has 2 aromatic heterocycles. The van der Waals surface area contributed by atoms with Crippen LogP contribution in [-0.4, -0.2) is 9.97 Å². The van der Waals surface area contributed by atoms with Crippen LogP contribution in [0.2, 0.25) is 0 Å². The number of nitrogens with one attached hydrogen (secondary N) is 2. The molecule has 2 N–H and O–H groups in total. The number of hydrogen-bond donors (Lipinski definition) is 2. The molecule has 3 nitrogen and oxygen atoms in total. The Kier molecular flexibility index (Phi) is 1.31. The van der Waals surface area contributed by atoms with E-state index in [0.29, 0.717) is 0 Å². The summed E-state index contributed by atoms with van der Waals surface area (Å²) in [5.74, 6) is 0. The lowest BCUT2D eigenvalue weighted by molar-refractivity contribution is 1.40. The number of aromatic amines is 2. The highest BCUT2D eigenvalue weighted by atomic mass is 16.1. The number of pyridine rings is 1. The van der Waals surface area contributed by atoms with E-state index in [1.54, 1.807) is 12.3 Å². The van der Waals surface area contributed by atoms with Crippen LogP contribution in [0.5, 0.6) is 0 Å². The van der Waals surface area contributed by atoms with Gasteiger partial charge in [0.2, 0.25) is 0 Å². The minimum Gasteiger partial charge on any atom is -0.361 e. The van der Waals surface area contributed by atoms with E-state index in [9.17, 15) is 4.79 Å². The van der Waals surface area contributed by atoms with Gasteiger partial charge in [-0.2, -0.15) is 0 Å². The molecule has 0 radical (unpaired) electrons. The molecule has 2 heterocycles. The van der Waals surface area contributed by atoms with Gasteiger partial charge in [0.1, 0.15) is 0 Å². The number of rotatable bonds is 0. The van der Waals surface area contributed by atoms with E-state index >= 15 is 0 Å². The Morgan fingerprint density at radius 2 is 1.71 bits per heavy atom.